The summed E-state index contributed by atoms with van der Waals surface area (Å²) in [4.78, 5) is 11.3. The summed E-state index contributed by atoms with van der Waals surface area (Å²) in [5.41, 5.74) is 0. The van der Waals surface area contributed by atoms with E-state index in [1.54, 1.807) is 0 Å². The van der Waals surface area contributed by atoms with E-state index in [0.29, 0.717) is 24.6 Å². The molecule has 0 amide bonds. The molecule has 3 rings (SSSR count). The fourth-order valence-corrected chi connectivity index (χ4v) is 3.17. The van der Waals surface area contributed by atoms with Crippen molar-refractivity contribution < 1.29 is 9.53 Å². The van der Waals surface area contributed by atoms with Crippen LogP contribution in [0.5, 0.6) is 0 Å². The van der Waals surface area contributed by atoms with Crippen LogP contribution in [0.25, 0.3) is 0 Å². The maximum atomic E-state index is 11.3. The summed E-state index contributed by atoms with van der Waals surface area (Å²) < 4.78 is 5.07. The maximum Gasteiger partial charge on any atom is 0.311 e. The molecule has 0 radical (unpaired) electrons. The summed E-state index contributed by atoms with van der Waals surface area (Å²) in [7, 11) is 0. The first kappa shape index (κ1) is 6.89. The van der Waals surface area contributed by atoms with Gasteiger partial charge in [-0.2, -0.15) is 0 Å². The Balaban J connectivity index is 1.94. The molecule has 3 heteroatoms. The van der Waals surface area contributed by atoms with Crippen LogP contribution in [0, 0.1) is 17.8 Å². The zero-order valence-corrected chi connectivity index (χ0v) is 7.12. The minimum atomic E-state index is 0.0342. The Hall–Kier alpha value is -0.570. The Labute approximate surface area is 71.5 Å². The number of fused-ring (bicyclic) bond motifs is 5. The summed E-state index contributed by atoms with van der Waals surface area (Å²) in [5.74, 6) is 1.43. The van der Waals surface area contributed by atoms with E-state index in [-0.39, 0.29) is 11.9 Å². The van der Waals surface area contributed by atoms with E-state index in [1.165, 1.54) is 0 Å². The van der Waals surface area contributed by atoms with Crippen molar-refractivity contribution in [3.8, 4) is 0 Å². The first-order chi connectivity index (χ1) is 5.77. The van der Waals surface area contributed by atoms with Crippen LogP contribution in [0.1, 0.15) is 13.3 Å². The monoisotopic (exact) mass is 167 g/mol. The lowest BCUT2D eigenvalue weighted by atomic mass is 9.76. The quantitative estimate of drug-likeness (QED) is 0.522. The smallest absolute Gasteiger partial charge is 0.311 e. The number of carbonyl (C=O) groups excluding carboxylic acids is 1. The predicted octanol–water partition coefficient (Wildman–Crippen LogP) is 0.156. The normalized spacial score (nSPS) is 55.8. The first-order valence-corrected chi connectivity index (χ1v) is 4.70. The second-order valence-corrected chi connectivity index (χ2v) is 4.33. The van der Waals surface area contributed by atoms with E-state index < -0.39 is 0 Å². The van der Waals surface area contributed by atoms with Crippen molar-refractivity contribution in [3.05, 3.63) is 0 Å². The second-order valence-electron chi connectivity index (χ2n) is 4.33. The van der Waals surface area contributed by atoms with Gasteiger partial charge < -0.3 is 10.1 Å². The lowest BCUT2D eigenvalue weighted by molar-refractivity contribution is -0.141. The summed E-state index contributed by atoms with van der Waals surface area (Å²) in [6.45, 7) is 2.92. The number of cyclic esters (lactones) is 1. The molecule has 3 aliphatic heterocycles. The Bertz CT molecular complexity index is 241. The van der Waals surface area contributed by atoms with Gasteiger partial charge in [-0.3, -0.25) is 4.79 Å². The van der Waals surface area contributed by atoms with Gasteiger partial charge >= 0.3 is 5.97 Å². The Morgan fingerprint density at radius 1 is 1.58 bits per heavy atom. The van der Waals surface area contributed by atoms with Crippen molar-refractivity contribution in [2.75, 3.05) is 6.61 Å². The molecule has 0 aromatic carbocycles. The van der Waals surface area contributed by atoms with Crippen LogP contribution < -0.4 is 5.32 Å². The summed E-state index contributed by atoms with van der Waals surface area (Å²) in [6, 6.07) is 0.969. The second kappa shape index (κ2) is 2.02. The lowest BCUT2D eigenvalue weighted by Crippen LogP contribution is -2.32. The molecule has 3 fully saturated rings. The topological polar surface area (TPSA) is 38.3 Å². The standard InChI is InChI=1S/C9H13NO2/c1-4-2-6-7-5(8(4)10-6)3-12-9(7)11/h4-8,10H,2-3H2,1H3. The van der Waals surface area contributed by atoms with Crippen molar-refractivity contribution in [2.45, 2.75) is 25.4 Å². The molecule has 0 aromatic heterocycles. The van der Waals surface area contributed by atoms with Gasteiger partial charge in [-0.05, 0) is 12.3 Å². The SMILES string of the molecule is CC1CC2NC1C1COC(=O)C21. The highest BCUT2D eigenvalue weighted by atomic mass is 16.5. The molecule has 0 aliphatic carbocycles. The van der Waals surface area contributed by atoms with Crippen molar-refractivity contribution in [1.82, 2.24) is 5.32 Å². The fourth-order valence-electron chi connectivity index (χ4n) is 3.17. The third-order valence-electron chi connectivity index (χ3n) is 3.69. The third kappa shape index (κ3) is 0.637. The molecule has 3 aliphatic rings. The van der Waals surface area contributed by atoms with Gasteiger partial charge in [-0.15, -0.1) is 0 Å². The van der Waals surface area contributed by atoms with Gasteiger partial charge in [0.1, 0.15) is 0 Å². The molecular formula is C9H13NO2. The molecule has 3 saturated heterocycles. The van der Waals surface area contributed by atoms with Crippen molar-refractivity contribution >= 4 is 5.97 Å². The Morgan fingerprint density at radius 3 is 3.25 bits per heavy atom. The van der Waals surface area contributed by atoms with Crippen LogP contribution in [0.15, 0.2) is 0 Å². The van der Waals surface area contributed by atoms with Gasteiger partial charge in [-0.25, -0.2) is 0 Å². The van der Waals surface area contributed by atoms with Gasteiger partial charge in [0, 0.05) is 18.0 Å². The molecule has 12 heavy (non-hydrogen) atoms. The average Bonchev–Trinajstić information content (AvgIpc) is 2.62. The number of nitrogens with one attached hydrogen (secondary N) is 1. The van der Waals surface area contributed by atoms with E-state index in [0.717, 1.165) is 12.3 Å². The molecule has 2 bridgehead atoms. The highest BCUT2D eigenvalue weighted by Crippen LogP contribution is 2.45. The number of hydrogen-bond acceptors (Lipinski definition) is 3. The number of esters is 1. The van der Waals surface area contributed by atoms with Crippen molar-refractivity contribution in [3.63, 3.8) is 0 Å². The zero-order valence-electron chi connectivity index (χ0n) is 7.12. The van der Waals surface area contributed by atoms with Crippen molar-refractivity contribution in [2.24, 2.45) is 17.8 Å². The molecule has 3 heterocycles. The predicted molar refractivity (Wildman–Crippen MR) is 42.4 cm³/mol. The number of rotatable bonds is 0. The van der Waals surface area contributed by atoms with Gasteiger partial charge in [0.2, 0.25) is 0 Å². The fraction of sp³-hybridized carbons (Fsp3) is 0.889. The summed E-state index contributed by atoms with van der Waals surface area (Å²) in [6.07, 6.45) is 1.15. The van der Waals surface area contributed by atoms with Gasteiger partial charge in [-0.1, -0.05) is 6.92 Å². The van der Waals surface area contributed by atoms with Crippen molar-refractivity contribution in [1.29, 1.82) is 0 Å². The highest BCUT2D eigenvalue weighted by molar-refractivity contribution is 5.76. The van der Waals surface area contributed by atoms with E-state index in [2.05, 4.69) is 12.2 Å². The van der Waals surface area contributed by atoms with Crippen LogP contribution in [-0.2, 0) is 9.53 Å². The average molecular weight is 167 g/mol. The summed E-state index contributed by atoms with van der Waals surface area (Å²) >= 11 is 0. The molecule has 0 aromatic rings. The first-order valence-electron chi connectivity index (χ1n) is 4.70. The molecule has 66 valence electrons. The molecule has 3 nitrogen and oxygen atoms in total. The Morgan fingerprint density at radius 2 is 2.42 bits per heavy atom. The van der Waals surface area contributed by atoms with E-state index in [1.807, 2.05) is 0 Å². The number of carbonyl (C=O) groups is 1. The lowest BCUT2D eigenvalue weighted by Gasteiger charge is -2.23. The maximum absolute atomic E-state index is 11.3. The number of ether oxygens (including phenoxy) is 1. The largest absolute Gasteiger partial charge is 0.465 e. The van der Waals surface area contributed by atoms with E-state index >= 15 is 0 Å². The molecule has 5 unspecified atom stereocenters. The van der Waals surface area contributed by atoms with Crippen LogP contribution in [0.3, 0.4) is 0 Å². The molecular weight excluding hydrogens is 154 g/mol. The minimum Gasteiger partial charge on any atom is -0.465 e. The minimum absolute atomic E-state index is 0.0342. The molecule has 0 saturated carbocycles. The van der Waals surface area contributed by atoms with E-state index in [9.17, 15) is 4.79 Å². The molecule has 5 atom stereocenters. The summed E-state index contributed by atoms with van der Waals surface area (Å²) in [5, 5.41) is 3.51. The highest BCUT2D eigenvalue weighted by Gasteiger charge is 2.57. The van der Waals surface area contributed by atoms with Gasteiger partial charge in [0.05, 0.1) is 12.5 Å². The molecule has 0 spiro atoms. The van der Waals surface area contributed by atoms with Crippen LogP contribution in [0.4, 0.5) is 0 Å². The van der Waals surface area contributed by atoms with E-state index in [4.69, 9.17) is 4.74 Å². The van der Waals surface area contributed by atoms with Gasteiger partial charge in [0.15, 0.2) is 0 Å². The van der Waals surface area contributed by atoms with Gasteiger partial charge in [0.25, 0.3) is 0 Å². The number of hydrogen-bond donors (Lipinski definition) is 1. The Kier molecular flexibility index (Phi) is 1.16. The molecule has 1 N–H and O–H groups in total. The van der Waals surface area contributed by atoms with Crippen LogP contribution in [-0.4, -0.2) is 24.7 Å². The van der Waals surface area contributed by atoms with Crippen LogP contribution >= 0.6 is 0 Å². The van der Waals surface area contributed by atoms with Crippen LogP contribution in [0.2, 0.25) is 0 Å². The zero-order chi connectivity index (χ0) is 8.29. The third-order valence-corrected chi connectivity index (χ3v) is 3.69.